The zero-order chi connectivity index (χ0) is 24.3. The van der Waals surface area contributed by atoms with Crippen LogP contribution in [-0.2, 0) is 24.3 Å². The first kappa shape index (κ1) is 23.2. The molecule has 0 aliphatic carbocycles. The number of hydrogen-bond acceptors (Lipinski definition) is 4. The summed E-state index contributed by atoms with van der Waals surface area (Å²) in [5, 5.41) is 9.93. The molecule has 9 heteroatoms. The van der Waals surface area contributed by atoms with Gasteiger partial charge in [-0.15, -0.1) is 0 Å². The smallest absolute Gasteiger partial charge is 0.272 e. The van der Waals surface area contributed by atoms with E-state index in [1.807, 2.05) is 30.3 Å². The number of aromatic nitrogens is 2. The zero-order valence-corrected chi connectivity index (χ0v) is 19.0. The molecule has 2 N–H and O–H groups in total. The standard InChI is InChI=1S/C25H26FN5O3/c1-25(24(34)28-15-18-8-10-19(26)11-9-18)16-31-21(23(33)30(25)2)14-20(29-31)22(32)27-13-12-17-6-4-3-5-7-17/h3-11,14H,12-13,15-16H2,1-2H3,(H,27,32)(H,28,34). The Balaban J connectivity index is 1.42. The number of carbonyl (C=O) groups is 3. The fourth-order valence-electron chi connectivity index (χ4n) is 3.87. The number of carbonyl (C=O) groups excluding carboxylic acids is 3. The molecular formula is C25H26FN5O3. The number of rotatable bonds is 7. The van der Waals surface area contributed by atoms with Gasteiger partial charge in [0.15, 0.2) is 5.69 Å². The molecule has 3 aromatic rings. The number of benzene rings is 2. The number of halogens is 1. The van der Waals surface area contributed by atoms with E-state index < -0.39 is 11.4 Å². The monoisotopic (exact) mass is 463 g/mol. The first-order valence-electron chi connectivity index (χ1n) is 11.0. The molecule has 1 atom stereocenters. The van der Waals surface area contributed by atoms with Gasteiger partial charge < -0.3 is 15.5 Å². The highest BCUT2D eigenvalue weighted by molar-refractivity contribution is 6.01. The lowest BCUT2D eigenvalue weighted by molar-refractivity contribution is -0.132. The Morgan fingerprint density at radius 2 is 1.76 bits per heavy atom. The topological polar surface area (TPSA) is 96.3 Å². The second-order valence-electron chi connectivity index (χ2n) is 8.51. The summed E-state index contributed by atoms with van der Waals surface area (Å²) in [6.45, 7) is 2.37. The van der Waals surface area contributed by atoms with Crippen LogP contribution in [0.15, 0.2) is 60.7 Å². The number of amides is 3. The van der Waals surface area contributed by atoms with Crippen molar-refractivity contribution in [3.05, 3.63) is 89.0 Å². The van der Waals surface area contributed by atoms with E-state index in [4.69, 9.17) is 0 Å². The van der Waals surface area contributed by atoms with Crippen molar-refractivity contribution in [1.29, 1.82) is 0 Å². The Bertz CT molecular complexity index is 1210. The summed E-state index contributed by atoms with van der Waals surface area (Å²) >= 11 is 0. The number of nitrogens with zero attached hydrogens (tertiary/aromatic N) is 3. The third-order valence-electron chi connectivity index (χ3n) is 6.13. The van der Waals surface area contributed by atoms with E-state index in [0.29, 0.717) is 13.0 Å². The Hall–Kier alpha value is -4.01. The molecule has 8 nitrogen and oxygen atoms in total. The lowest BCUT2D eigenvalue weighted by Gasteiger charge is -2.40. The fourth-order valence-corrected chi connectivity index (χ4v) is 3.87. The molecule has 1 aliphatic heterocycles. The Morgan fingerprint density at radius 1 is 1.06 bits per heavy atom. The van der Waals surface area contributed by atoms with Crippen LogP contribution in [0.1, 0.15) is 39.0 Å². The third-order valence-corrected chi connectivity index (χ3v) is 6.13. The molecule has 3 amide bonds. The van der Waals surface area contributed by atoms with E-state index in [-0.39, 0.29) is 42.1 Å². The average Bonchev–Trinajstić information content (AvgIpc) is 3.26. The van der Waals surface area contributed by atoms with Crippen LogP contribution in [-0.4, -0.2) is 51.5 Å². The molecule has 1 unspecified atom stereocenters. The highest BCUT2D eigenvalue weighted by Crippen LogP contribution is 2.26. The summed E-state index contributed by atoms with van der Waals surface area (Å²) in [7, 11) is 1.55. The summed E-state index contributed by atoms with van der Waals surface area (Å²) in [5.41, 5.74) is 1.00. The summed E-state index contributed by atoms with van der Waals surface area (Å²) in [6.07, 6.45) is 0.675. The molecule has 0 saturated heterocycles. The molecule has 4 rings (SSSR count). The molecule has 0 spiro atoms. The number of nitrogens with one attached hydrogen (secondary N) is 2. The first-order valence-corrected chi connectivity index (χ1v) is 11.0. The molecule has 0 saturated carbocycles. The van der Waals surface area contributed by atoms with Gasteiger partial charge in [0.2, 0.25) is 5.91 Å². The van der Waals surface area contributed by atoms with Crippen LogP contribution in [0.3, 0.4) is 0 Å². The van der Waals surface area contributed by atoms with Gasteiger partial charge in [0.1, 0.15) is 17.1 Å². The largest absolute Gasteiger partial charge is 0.350 e. The van der Waals surface area contributed by atoms with E-state index in [2.05, 4.69) is 15.7 Å². The summed E-state index contributed by atoms with van der Waals surface area (Å²) in [6, 6.07) is 17.0. The van der Waals surface area contributed by atoms with Crippen molar-refractivity contribution in [1.82, 2.24) is 25.3 Å². The van der Waals surface area contributed by atoms with E-state index >= 15 is 0 Å². The van der Waals surface area contributed by atoms with Crippen LogP contribution >= 0.6 is 0 Å². The van der Waals surface area contributed by atoms with Crippen molar-refractivity contribution in [2.24, 2.45) is 0 Å². The van der Waals surface area contributed by atoms with E-state index in [1.165, 1.54) is 27.8 Å². The van der Waals surface area contributed by atoms with Gasteiger partial charge in [0, 0.05) is 26.2 Å². The molecule has 176 valence electrons. The van der Waals surface area contributed by atoms with Crippen molar-refractivity contribution in [2.45, 2.75) is 32.0 Å². The fraction of sp³-hybridized carbons (Fsp3) is 0.280. The second-order valence-corrected chi connectivity index (χ2v) is 8.51. The van der Waals surface area contributed by atoms with Crippen LogP contribution in [0, 0.1) is 5.82 Å². The predicted molar refractivity (Wildman–Crippen MR) is 123 cm³/mol. The SMILES string of the molecule is CN1C(=O)c2cc(C(=O)NCCc3ccccc3)nn2CC1(C)C(=O)NCc1ccc(F)cc1. The van der Waals surface area contributed by atoms with Crippen LogP contribution in [0.25, 0.3) is 0 Å². The lowest BCUT2D eigenvalue weighted by Crippen LogP contribution is -2.62. The molecular weight excluding hydrogens is 437 g/mol. The molecule has 1 aliphatic rings. The average molecular weight is 464 g/mol. The molecule has 0 fully saturated rings. The maximum atomic E-state index is 13.1. The highest BCUT2D eigenvalue weighted by Gasteiger charge is 2.46. The minimum Gasteiger partial charge on any atom is -0.350 e. The lowest BCUT2D eigenvalue weighted by atomic mass is 9.96. The zero-order valence-electron chi connectivity index (χ0n) is 19.0. The van der Waals surface area contributed by atoms with Gasteiger partial charge in [-0.1, -0.05) is 42.5 Å². The van der Waals surface area contributed by atoms with E-state index in [0.717, 1.165) is 11.1 Å². The van der Waals surface area contributed by atoms with E-state index in [9.17, 15) is 18.8 Å². The van der Waals surface area contributed by atoms with Crippen LogP contribution in [0.5, 0.6) is 0 Å². The van der Waals surface area contributed by atoms with Crippen molar-refractivity contribution in [3.8, 4) is 0 Å². The van der Waals surface area contributed by atoms with Gasteiger partial charge in [-0.2, -0.15) is 5.10 Å². The summed E-state index contributed by atoms with van der Waals surface area (Å²) < 4.78 is 14.5. The molecule has 2 aromatic carbocycles. The van der Waals surface area contributed by atoms with Crippen molar-refractivity contribution >= 4 is 17.7 Å². The Kier molecular flexibility index (Phi) is 6.45. The van der Waals surface area contributed by atoms with Gasteiger partial charge in [-0.05, 0) is 36.6 Å². The maximum absolute atomic E-state index is 13.1. The second kappa shape index (κ2) is 9.46. The van der Waals surface area contributed by atoms with Gasteiger partial charge >= 0.3 is 0 Å². The van der Waals surface area contributed by atoms with Crippen LogP contribution in [0.4, 0.5) is 4.39 Å². The minimum atomic E-state index is -1.21. The van der Waals surface area contributed by atoms with Crippen molar-refractivity contribution < 1.29 is 18.8 Å². The summed E-state index contributed by atoms with van der Waals surface area (Å²) in [5.74, 6) is -1.51. The molecule has 2 heterocycles. The highest BCUT2D eigenvalue weighted by atomic mass is 19.1. The first-order chi connectivity index (χ1) is 16.3. The van der Waals surface area contributed by atoms with E-state index in [1.54, 1.807) is 26.1 Å². The number of likely N-dealkylation sites (N-methyl/N-ethyl adjacent to an activating group) is 1. The normalized spacial score (nSPS) is 17.3. The quantitative estimate of drug-likeness (QED) is 0.561. The molecule has 0 bridgehead atoms. The third kappa shape index (κ3) is 4.68. The van der Waals surface area contributed by atoms with Gasteiger partial charge in [-0.25, -0.2) is 4.39 Å². The predicted octanol–water partition coefficient (Wildman–Crippen LogP) is 2.16. The maximum Gasteiger partial charge on any atom is 0.272 e. The molecule has 1 aromatic heterocycles. The Labute approximate surface area is 196 Å². The van der Waals surface area contributed by atoms with Crippen molar-refractivity contribution in [2.75, 3.05) is 13.6 Å². The van der Waals surface area contributed by atoms with Gasteiger partial charge in [0.05, 0.1) is 6.54 Å². The van der Waals surface area contributed by atoms with Gasteiger partial charge in [-0.3, -0.25) is 19.1 Å². The summed E-state index contributed by atoms with van der Waals surface area (Å²) in [4.78, 5) is 40.0. The number of fused-ring (bicyclic) bond motifs is 1. The molecule has 34 heavy (non-hydrogen) atoms. The van der Waals surface area contributed by atoms with Crippen molar-refractivity contribution in [3.63, 3.8) is 0 Å². The minimum absolute atomic E-state index is 0.0944. The molecule has 0 radical (unpaired) electrons. The van der Waals surface area contributed by atoms with Gasteiger partial charge in [0.25, 0.3) is 11.8 Å². The van der Waals surface area contributed by atoms with Crippen LogP contribution in [0.2, 0.25) is 0 Å². The van der Waals surface area contributed by atoms with Crippen LogP contribution < -0.4 is 10.6 Å². The number of hydrogen-bond donors (Lipinski definition) is 2. The Morgan fingerprint density at radius 3 is 2.47 bits per heavy atom.